The molecule has 0 aliphatic carbocycles. The Balaban J connectivity index is 2.75. The highest BCUT2D eigenvalue weighted by Crippen LogP contribution is 2.27. The van der Waals surface area contributed by atoms with E-state index >= 15 is 0 Å². The van der Waals surface area contributed by atoms with Gasteiger partial charge >= 0.3 is 5.97 Å². The van der Waals surface area contributed by atoms with Gasteiger partial charge < -0.3 is 14.7 Å². The first-order valence-electron chi connectivity index (χ1n) is 6.44. The second-order valence-electron chi connectivity index (χ2n) is 5.20. The van der Waals surface area contributed by atoms with Crippen molar-refractivity contribution in [2.75, 3.05) is 13.7 Å². The molecule has 1 rings (SSSR count). The Morgan fingerprint density at radius 1 is 1.50 bits per heavy atom. The van der Waals surface area contributed by atoms with Crippen LogP contribution in [0.4, 0.5) is 0 Å². The van der Waals surface area contributed by atoms with Crippen LogP contribution in [-0.2, 0) is 14.3 Å². The normalized spacial score (nSPS) is 27.7. The number of amides is 1. The van der Waals surface area contributed by atoms with Crippen molar-refractivity contribution in [1.29, 1.82) is 0 Å². The molecular weight excluding hydrogens is 234 g/mol. The summed E-state index contributed by atoms with van der Waals surface area (Å²) in [4.78, 5) is 25.1. The minimum absolute atomic E-state index is 0.0381. The summed E-state index contributed by atoms with van der Waals surface area (Å²) >= 11 is 0. The molecule has 1 aliphatic rings. The molecule has 0 aromatic heterocycles. The molecule has 0 bridgehead atoms. The van der Waals surface area contributed by atoms with Crippen LogP contribution in [0.3, 0.4) is 0 Å². The van der Waals surface area contributed by atoms with E-state index < -0.39 is 11.6 Å². The Hall–Kier alpha value is -1.10. The van der Waals surface area contributed by atoms with Crippen molar-refractivity contribution >= 4 is 11.9 Å². The molecule has 104 valence electrons. The Morgan fingerprint density at radius 2 is 2.11 bits per heavy atom. The monoisotopic (exact) mass is 257 g/mol. The van der Waals surface area contributed by atoms with Crippen LogP contribution in [0, 0.1) is 5.92 Å². The molecule has 1 heterocycles. The second-order valence-corrected chi connectivity index (χ2v) is 5.20. The van der Waals surface area contributed by atoms with Crippen LogP contribution >= 0.6 is 0 Å². The average Bonchev–Trinajstić information content (AvgIpc) is 2.36. The van der Waals surface area contributed by atoms with Crippen LogP contribution in [0.2, 0.25) is 0 Å². The Kier molecular flexibility index (Phi) is 4.73. The molecule has 0 radical (unpaired) electrons. The molecule has 1 fully saturated rings. The Bertz CT molecular complexity index is 325. The van der Waals surface area contributed by atoms with Gasteiger partial charge in [-0.25, -0.2) is 0 Å². The third-order valence-corrected chi connectivity index (χ3v) is 4.06. The summed E-state index contributed by atoms with van der Waals surface area (Å²) in [6, 6.07) is -0.0478. The van der Waals surface area contributed by atoms with Crippen LogP contribution < -0.4 is 0 Å². The molecule has 0 aromatic rings. The van der Waals surface area contributed by atoms with E-state index in [9.17, 15) is 9.59 Å². The minimum atomic E-state index is -0.801. The van der Waals surface area contributed by atoms with Gasteiger partial charge in [0.2, 0.25) is 0 Å². The molecular formula is C13H23NO4. The number of methoxy groups -OCH3 is 1. The Morgan fingerprint density at radius 3 is 2.50 bits per heavy atom. The van der Waals surface area contributed by atoms with Crippen molar-refractivity contribution in [2.24, 2.45) is 5.92 Å². The highest BCUT2D eigenvalue weighted by atomic mass is 16.5. The van der Waals surface area contributed by atoms with Gasteiger partial charge in [-0.1, -0.05) is 6.92 Å². The van der Waals surface area contributed by atoms with Crippen LogP contribution in [-0.4, -0.2) is 47.2 Å². The third-order valence-electron chi connectivity index (χ3n) is 4.06. The summed E-state index contributed by atoms with van der Waals surface area (Å²) in [6.45, 7) is 6.09. The van der Waals surface area contributed by atoms with Gasteiger partial charge in [0.15, 0.2) is 0 Å². The summed E-state index contributed by atoms with van der Waals surface area (Å²) in [6.07, 6.45) is 1.65. The number of ether oxygens (including phenoxy) is 1. The van der Waals surface area contributed by atoms with Gasteiger partial charge in [0.1, 0.15) is 5.60 Å². The summed E-state index contributed by atoms with van der Waals surface area (Å²) in [7, 11) is 1.54. The van der Waals surface area contributed by atoms with Crippen LogP contribution in [0.25, 0.3) is 0 Å². The number of rotatable bonds is 4. The van der Waals surface area contributed by atoms with Crippen molar-refractivity contribution in [1.82, 2.24) is 4.90 Å². The van der Waals surface area contributed by atoms with Gasteiger partial charge in [0.05, 0.1) is 5.92 Å². The summed E-state index contributed by atoms with van der Waals surface area (Å²) in [5, 5.41) is 9.00. The standard InChI is InChI=1S/C13H23NO4/c1-5-13(3,18-4)12(17)14-7-6-10(11(15)16)8-9(14)2/h9-10H,5-8H2,1-4H3,(H,15,16). The molecule has 1 aliphatic heterocycles. The van der Waals surface area contributed by atoms with E-state index in [4.69, 9.17) is 9.84 Å². The number of carboxylic acid groups (broad SMARTS) is 1. The van der Waals surface area contributed by atoms with Gasteiger partial charge in [-0.3, -0.25) is 9.59 Å². The number of aliphatic carboxylic acids is 1. The molecule has 1 amide bonds. The topological polar surface area (TPSA) is 66.8 Å². The van der Waals surface area contributed by atoms with E-state index in [-0.39, 0.29) is 17.9 Å². The highest BCUT2D eigenvalue weighted by Gasteiger charge is 2.40. The van der Waals surface area contributed by atoms with Gasteiger partial charge in [-0.2, -0.15) is 0 Å². The van der Waals surface area contributed by atoms with Crippen molar-refractivity contribution < 1.29 is 19.4 Å². The fourth-order valence-electron chi connectivity index (χ4n) is 2.38. The van der Waals surface area contributed by atoms with Gasteiger partial charge in [0.25, 0.3) is 5.91 Å². The van der Waals surface area contributed by atoms with Gasteiger partial charge in [0, 0.05) is 19.7 Å². The zero-order valence-corrected chi connectivity index (χ0v) is 11.6. The number of nitrogens with zero attached hydrogens (tertiary/aromatic N) is 1. The molecule has 18 heavy (non-hydrogen) atoms. The van der Waals surface area contributed by atoms with E-state index in [2.05, 4.69) is 0 Å². The van der Waals surface area contributed by atoms with Gasteiger partial charge in [-0.05, 0) is 33.1 Å². The highest BCUT2D eigenvalue weighted by molar-refractivity contribution is 5.85. The molecule has 5 nitrogen and oxygen atoms in total. The van der Waals surface area contributed by atoms with Crippen molar-refractivity contribution in [3.63, 3.8) is 0 Å². The van der Waals surface area contributed by atoms with Crippen LogP contribution in [0.15, 0.2) is 0 Å². The fraction of sp³-hybridized carbons (Fsp3) is 0.846. The van der Waals surface area contributed by atoms with E-state index in [0.29, 0.717) is 25.8 Å². The molecule has 1 saturated heterocycles. The number of piperidine rings is 1. The van der Waals surface area contributed by atoms with E-state index in [0.717, 1.165) is 0 Å². The second kappa shape index (κ2) is 5.69. The molecule has 0 spiro atoms. The lowest BCUT2D eigenvalue weighted by atomic mass is 9.89. The molecule has 1 N–H and O–H groups in total. The maximum atomic E-state index is 12.4. The predicted molar refractivity (Wildman–Crippen MR) is 67.2 cm³/mol. The SMILES string of the molecule is CCC(C)(OC)C(=O)N1CCC(C(=O)O)CC1C. The molecule has 5 heteroatoms. The first kappa shape index (κ1) is 15.0. The summed E-state index contributed by atoms with van der Waals surface area (Å²) < 4.78 is 5.32. The molecule has 3 atom stereocenters. The van der Waals surface area contributed by atoms with E-state index in [1.54, 1.807) is 11.8 Å². The van der Waals surface area contributed by atoms with Crippen molar-refractivity contribution in [3.8, 4) is 0 Å². The predicted octanol–water partition coefficient (Wildman–Crippen LogP) is 1.51. The van der Waals surface area contributed by atoms with Gasteiger partial charge in [-0.15, -0.1) is 0 Å². The van der Waals surface area contributed by atoms with E-state index in [1.165, 1.54) is 7.11 Å². The zero-order valence-electron chi connectivity index (χ0n) is 11.6. The zero-order chi connectivity index (χ0) is 13.9. The molecule has 0 saturated carbocycles. The maximum absolute atomic E-state index is 12.4. The third kappa shape index (κ3) is 2.83. The smallest absolute Gasteiger partial charge is 0.306 e. The number of likely N-dealkylation sites (tertiary alicyclic amines) is 1. The lowest BCUT2D eigenvalue weighted by molar-refractivity contribution is -0.160. The average molecular weight is 257 g/mol. The summed E-state index contributed by atoms with van der Waals surface area (Å²) in [5.74, 6) is -1.14. The lowest BCUT2D eigenvalue weighted by Crippen LogP contribution is -2.54. The number of hydrogen-bond acceptors (Lipinski definition) is 3. The number of carbonyl (C=O) groups excluding carboxylic acids is 1. The van der Waals surface area contributed by atoms with E-state index in [1.807, 2.05) is 13.8 Å². The first-order valence-corrected chi connectivity index (χ1v) is 6.44. The van der Waals surface area contributed by atoms with Crippen molar-refractivity contribution in [3.05, 3.63) is 0 Å². The lowest BCUT2D eigenvalue weighted by Gasteiger charge is -2.40. The van der Waals surface area contributed by atoms with Crippen LogP contribution in [0.1, 0.15) is 40.0 Å². The molecule has 0 aromatic carbocycles. The number of carboxylic acids is 1. The largest absolute Gasteiger partial charge is 0.481 e. The molecule has 3 unspecified atom stereocenters. The first-order chi connectivity index (χ1) is 8.35. The quantitative estimate of drug-likeness (QED) is 0.829. The van der Waals surface area contributed by atoms with Crippen molar-refractivity contribution in [2.45, 2.75) is 51.7 Å². The fourth-order valence-corrected chi connectivity index (χ4v) is 2.38. The Labute approximate surface area is 108 Å². The number of hydrogen-bond donors (Lipinski definition) is 1. The van der Waals surface area contributed by atoms with Crippen LogP contribution in [0.5, 0.6) is 0 Å². The summed E-state index contributed by atoms with van der Waals surface area (Å²) in [5.41, 5.74) is -0.801. The number of carbonyl (C=O) groups is 2. The maximum Gasteiger partial charge on any atom is 0.306 e. The minimum Gasteiger partial charge on any atom is -0.481 e.